The summed E-state index contributed by atoms with van der Waals surface area (Å²) in [4.78, 5) is 38.9. The van der Waals surface area contributed by atoms with Gasteiger partial charge in [-0.15, -0.1) is 0 Å². The lowest BCUT2D eigenvalue weighted by Crippen LogP contribution is -2.16. The molecule has 0 atom stereocenters. The van der Waals surface area contributed by atoms with E-state index in [1.54, 1.807) is 72.8 Å². The zero-order chi connectivity index (χ0) is 27.8. The van der Waals surface area contributed by atoms with Crippen LogP contribution >= 0.6 is 0 Å². The number of anilines is 1. The van der Waals surface area contributed by atoms with Crippen LogP contribution in [0.5, 0.6) is 28.7 Å². The van der Waals surface area contributed by atoms with Crippen molar-refractivity contribution in [3.05, 3.63) is 108 Å². The van der Waals surface area contributed by atoms with E-state index in [4.69, 9.17) is 23.7 Å². The van der Waals surface area contributed by atoms with E-state index in [1.807, 2.05) is 0 Å². The van der Waals surface area contributed by atoms with Crippen molar-refractivity contribution in [1.29, 1.82) is 0 Å². The number of carbonyl (C=O) groups excluding carboxylic acids is 3. The number of methoxy groups -OCH3 is 3. The second-order valence-corrected chi connectivity index (χ2v) is 8.11. The molecule has 0 fully saturated rings. The quantitative estimate of drug-likeness (QED) is 0.228. The Balaban J connectivity index is 1.61. The summed E-state index contributed by atoms with van der Waals surface area (Å²) >= 11 is 0. The third-order valence-electron chi connectivity index (χ3n) is 5.55. The molecule has 0 aliphatic carbocycles. The normalized spacial score (nSPS) is 10.2. The second-order valence-electron chi connectivity index (χ2n) is 8.11. The maximum atomic E-state index is 13.0. The molecule has 0 radical (unpaired) electrons. The molecule has 0 spiro atoms. The number of carbonyl (C=O) groups is 3. The van der Waals surface area contributed by atoms with E-state index in [9.17, 15) is 14.4 Å². The van der Waals surface area contributed by atoms with Gasteiger partial charge in [0.25, 0.3) is 5.91 Å². The summed E-state index contributed by atoms with van der Waals surface area (Å²) in [6, 6.07) is 23.5. The van der Waals surface area contributed by atoms with Crippen molar-refractivity contribution in [3.63, 3.8) is 0 Å². The minimum absolute atomic E-state index is 0.0278. The van der Waals surface area contributed by atoms with Crippen LogP contribution in [0.1, 0.15) is 31.1 Å². The van der Waals surface area contributed by atoms with Crippen LogP contribution in [0.15, 0.2) is 91.0 Å². The number of rotatable bonds is 9. The molecule has 198 valence electrons. The van der Waals surface area contributed by atoms with Gasteiger partial charge in [0.2, 0.25) is 0 Å². The fraction of sp³-hybridized carbons (Fsp3) is 0.100. The van der Waals surface area contributed by atoms with Crippen LogP contribution in [0.3, 0.4) is 0 Å². The lowest BCUT2D eigenvalue weighted by molar-refractivity contribution is 0.0734. The van der Waals surface area contributed by atoms with Gasteiger partial charge >= 0.3 is 11.9 Å². The molecule has 0 aliphatic rings. The van der Waals surface area contributed by atoms with E-state index < -0.39 is 17.8 Å². The Hall–Kier alpha value is -5.31. The number of esters is 2. The summed E-state index contributed by atoms with van der Waals surface area (Å²) in [6.45, 7) is 0. The van der Waals surface area contributed by atoms with E-state index in [0.717, 1.165) is 0 Å². The lowest BCUT2D eigenvalue weighted by atomic mass is 10.1. The molecule has 0 saturated carbocycles. The molecular weight excluding hydrogens is 502 g/mol. The van der Waals surface area contributed by atoms with Crippen LogP contribution in [0.25, 0.3) is 0 Å². The van der Waals surface area contributed by atoms with Gasteiger partial charge in [0.15, 0.2) is 0 Å². The van der Waals surface area contributed by atoms with Crippen molar-refractivity contribution >= 4 is 23.5 Å². The Labute approximate surface area is 224 Å². The highest BCUT2D eigenvalue weighted by atomic mass is 16.5. The van der Waals surface area contributed by atoms with E-state index >= 15 is 0 Å². The molecular formula is C30H25NO8. The summed E-state index contributed by atoms with van der Waals surface area (Å²) in [5.74, 6) is 0.416. The van der Waals surface area contributed by atoms with Crippen molar-refractivity contribution in [1.82, 2.24) is 0 Å². The first kappa shape index (κ1) is 26.7. The molecule has 0 heterocycles. The highest BCUT2D eigenvalue weighted by molar-refractivity contribution is 6.06. The van der Waals surface area contributed by atoms with Crippen LogP contribution in [0.2, 0.25) is 0 Å². The van der Waals surface area contributed by atoms with Crippen LogP contribution in [0.4, 0.5) is 5.69 Å². The molecule has 0 aliphatic heterocycles. The van der Waals surface area contributed by atoms with E-state index in [1.165, 1.54) is 39.5 Å². The first-order chi connectivity index (χ1) is 18.9. The van der Waals surface area contributed by atoms with Crippen LogP contribution in [-0.2, 0) is 0 Å². The van der Waals surface area contributed by atoms with Gasteiger partial charge < -0.3 is 29.0 Å². The Morgan fingerprint density at radius 1 is 0.487 bits per heavy atom. The molecule has 4 rings (SSSR count). The molecule has 9 nitrogen and oxygen atoms in total. The molecule has 4 aromatic carbocycles. The predicted molar refractivity (Wildman–Crippen MR) is 143 cm³/mol. The lowest BCUT2D eigenvalue weighted by Gasteiger charge is -2.12. The molecule has 4 aromatic rings. The van der Waals surface area contributed by atoms with E-state index in [0.29, 0.717) is 22.8 Å². The van der Waals surface area contributed by atoms with E-state index in [-0.39, 0.29) is 28.3 Å². The number of hydrogen-bond donors (Lipinski definition) is 1. The van der Waals surface area contributed by atoms with Gasteiger partial charge in [-0.1, -0.05) is 0 Å². The fourth-order valence-electron chi connectivity index (χ4n) is 3.50. The number of benzene rings is 4. The number of amides is 1. The Kier molecular flexibility index (Phi) is 8.43. The smallest absolute Gasteiger partial charge is 0.343 e. The average molecular weight is 528 g/mol. The summed E-state index contributed by atoms with van der Waals surface area (Å²) in [7, 11) is 4.58. The van der Waals surface area contributed by atoms with Gasteiger partial charge in [0.05, 0.1) is 32.5 Å². The molecule has 1 amide bonds. The van der Waals surface area contributed by atoms with Crippen LogP contribution in [0, 0.1) is 0 Å². The van der Waals surface area contributed by atoms with Crippen molar-refractivity contribution in [2.24, 2.45) is 0 Å². The third-order valence-corrected chi connectivity index (χ3v) is 5.55. The zero-order valence-electron chi connectivity index (χ0n) is 21.4. The first-order valence-electron chi connectivity index (χ1n) is 11.7. The summed E-state index contributed by atoms with van der Waals surface area (Å²) in [5, 5.41) is 2.72. The van der Waals surface area contributed by atoms with E-state index in [2.05, 4.69) is 5.32 Å². The molecule has 9 heteroatoms. The number of nitrogens with one attached hydrogen (secondary N) is 1. The van der Waals surface area contributed by atoms with Gasteiger partial charge in [-0.2, -0.15) is 0 Å². The van der Waals surface area contributed by atoms with Gasteiger partial charge in [-0.05, 0) is 91.0 Å². The Bertz CT molecular complexity index is 1380. The number of ether oxygens (including phenoxy) is 5. The van der Waals surface area contributed by atoms with Crippen molar-refractivity contribution in [3.8, 4) is 28.7 Å². The topological polar surface area (TPSA) is 109 Å². The molecule has 1 N–H and O–H groups in total. The number of hydrogen-bond acceptors (Lipinski definition) is 8. The monoisotopic (exact) mass is 527 g/mol. The van der Waals surface area contributed by atoms with Gasteiger partial charge in [-0.3, -0.25) is 4.79 Å². The van der Waals surface area contributed by atoms with Crippen molar-refractivity contribution in [2.45, 2.75) is 0 Å². The van der Waals surface area contributed by atoms with Gasteiger partial charge in [0, 0.05) is 11.3 Å². The third kappa shape index (κ3) is 6.92. The molecule has 0 aromatic heterocycles. The predicted octanol–water partition coefficient (Wildman–Crippen LogP) is 5.40. The maximum Gasteiger partial charge on any atom is 0.343 e. The van der Waals surface area contributed by atoms with Crippen LogP contribution in [-0.4, -0.2) is 39.2 Å². The minimum Gasteiger partial charge on any atom is -0.497 e. The zero-order valence-corrected chi connectivity index (χ0v) is 21.4. The standard InChI is InChI=1S/C30H25NO8/c1-35-23-6-4-19(5-7-23)28(32)31-22-17-20(29(33)38-26-12-8-24(36-2)9-13-26)16-21(18-22)30(34)39-27-14-10-25(37-3)11-15-27/h4-18H,1-3H3,(H,31,32). The maximum absolute atomic E-state index is 13.0. The highest BCUT2D eigenvalue weighted by Crippen LogP contribution is 2.23. The van der Waals surface area contributed by atoms with Gasteiger partial charge in [-0.25, -0.2) is 9.59 Å². The Morgan fingerprint density at radius 3 is 1.23 bits per heavy atom. The molecule has 0 bridgehead atoms. The average Bonchev–Trinajstić information content (AvgIpc) is 2.97. The highest BCUT2D eigenvalue weighted by Gasteiger charge is 2.18. The molecule has 39 heavy (non-hydrogen) atoms. The van der Waals surface area contributed by atoms with Gasteiger partial charge in [0.1, 0.15) is 28.7 Å². The van der Waals surface area contributed by atoms with Crippen molar-refractivity contribution in [2.75, 3.05) is 26.6 Å². The first-order valence-corrected chi connectivity index (χ1v) is 11.7. The minimum atomic E-state index is -0.737. The van der Waals surface area contributed by atoms with Crippen LogP contribution < -0.4 is 29.0 Å². The SMILES string of the molecule is COc1ccc(OC(=O)c2cc(NC(=O)c3ccc(OC)cc3)cc(C(=O)Oc3ccc(OC)cc3)c2)cc1. The molecule has 0 unspecified atom stereocenters. The molecule has 0 saturated heterocycles. The largest absolute Gasteiger partial charge is 0.497 e. The van der Waals surface area contributed by atoms with Crippen molar-refractivity contribution < 1.29 is 38.1 Å². The second kappa shape index (κ2) is 12.3. The summed E-state index contributed by atoms with van der Waals surface area (Å²) in [6.07, 6.45) is 0. The summed E-state index contributed by atoms with van der Waals surface area (Å²) < 4.78 is 26.3. The Morgan fingerprint density at radius 2 is 0.846 bits per heavy atom. The summed E-state index contributed by atoms with van der Waals surface area (Å²) in [5.41, 5.74) is 0.603. The fourth-order valence-corrected chi connectivity index (χ4v) is 3.50.